The first-order valence-corrected chi connectivity index (χ1v) is 10.8. The average Bonchev–Trinajstić information content (AvgIpc) is 2.55. The van der Waals surface area contributed by atoms with Crippen molar-refractivity contribution >= 4 is 15.7 Å². The number of phenolic OH excluding ortho intramolecular Hbond substituents is 1. The fourth-order valence-corrected chi connectivity index (χ4v) is 3.00. The van der Waals surface area contributed by atoms with E-state index in [0.29, 0.717) is 18.9 Å². The maximum atomic E-state index is 11.9. The Morgan fingerprint density at radius 1 is 1.08 bits per heavy atom. The van der Waals surface area contributed by atoms with E-state index in [1.807, 2.05) is 6.07 Å². The van der Waals surface area contributed by atoms with Gasteiger partial charge in [-0.25, -0.2) is 13.1 Å². The monoisotopic (exact) mass is 386 g/mol. The lowest BCUT2D eigenvalue weighted by atomic mass is 10.2. The van der Waals surface area contributed by atoms with E-state index in [1.165, 1.54) is 0 Å². The van der Waals surface area contributed by atoms with Crippen molar-refractivity contribution in [2.24, 2.45) is 0 Å². The Labute approximate surface area is 158 Å². The first-order chi connectivity index (χ1) is 12.2. The molecular formula is C19H34N2O4S. The Bertz CT molecular complexity index is 639. The number of hydrogen-bond donors (Lipinski definition) is 3. The van der Waals surface area contributed by atoms with Crippen LogP contribution in [-0.2, 0) is 10.0 Å². The predicted octanol–water partition coefficient (Wildman–Crippen LogP) is 3.87. The summed E-state index contributed by atoms with van der Waals surface area (Å²) in [4.78, 5) is 0. The third kappa shape index (κ3) is 7.83. The number of aromatic hydroxyl groups is 1. The van der Waals surface area contributed by atoms with Crippen molar-refractivity contribution in [2.75, 3.05) is 25.0 Å². The lowest BCUT2D eigenvalue weighted by Crippen LogP contribution is -2.39. The Hall–Kier alpha value is -1.47. The molecule has 0 atom stereocenters. The van der Waals surface area contributed by atoms with Crippen LogP contribution in [0.25, 0.3) is 0 Å². The summed E-state index contributed by atoms with van der Waals surface area (Å²) in [5.74, 6) is 0.651. The molecule has 0 amide bonds. The van der Waals surface area contributed by atoms with Crippen LogP contribution in [0.1, 0.15) is 59.8 Å². The summed E-state index contributed by atoms with van der Waals surface area (Å²) < 4.78 is 31.2. The van der Waals surface area contributed by atoms with Gasteiger partial charge in [0.05, 0.1) is 11.4 Å². The molecule has 7 heteroatoms. The summed E-state index contributed by atoms with van der Waals surface area (Å²) in [6.07, 6.45) is 4.66. The van der Waals surface area contributed by atoms with Crippen LogP contribution in [0.3, 0.4) is 0 Å². The summed E-state index contributed by atoms with van der Waals surface area (Å²) >= 11 is 0. The van der Waals surface area contributed by atoms with Gasteiger partial charge < -0.3 is 15.2 Å². The highest BCUT2D eigenvalue weighted by Gasteiger charge is 2.27. The molecule has 0 spiro atoms. The molecule has 0 aromatic heterocycles. The molecule has 0 aliphatic carbocycles. The van der Waals surface area contributed by atoms with Gasteiger partial charge in [-0.05, 0) is 52.2 Å². The molecule has 0 bridgehead atoms. The highest BCUT2D eigenvalue weighted by atomic mass is 32.2. The number of sulfonamides is 1. The Morgan fingerprint density at radius 2 is 1.77 bits per heavy atom. The number of nitrogens with one attached hydrogen (secondary N) is 2. The van der Waals surface area contributed by atoms with Gasteiger partial charge in [0.1, 0.15) is 0 Å². The molecule has 26 heavy (non-hydrogen) atoms. The zero-order chi connectivity index (χ0) is 19.6. The van der Waals surface area contributed by atoms with Gasteiger partial charge in [0.2, 0.25) is 10.0 Å². The molecule has 0 radical (unpaired) electrons. The van der Waals surface area contributed by atoms with Gasteiger partial charge in [-0.3, -0.25) is 0 Å². The highest BCUT2D eigenvalue weighted by Crippen LogP contribution is 2.29. The molecular weight excluding hydrogens is 352 g/mol. The maximum Gasteiger partial charge on any atom is 0.216 e. The summed E-state index contributed by atoms with van der Waals surface area (Å²) in [6.45, 7) is 9.00. The van der Waals surface area contributed by atoms with E-state index >= 15 is 0 Å². The molecule has 3 N–H and O–H groups in total. The highest BCUT2D eigenvalue weighted by molar-refractivity contribution is 7.90. The number of benzene rings is 1. The van der Waals surface area contributed by atoms with E-state index in [-0.39, 0.29) is 5.75 Å². The molecule has 0 heterocycles. The lowest BCUT2D eigenvalue weighted by molar-refractivity contribution is 0.293. The SMILES string of the molecule is CCCCOc1ccc(NCCCCCNS(=O)(=O)C(C)(C)C)cc1O. The first-order valence-electron chi connectivity index (χ1n) is 9.36. The number of ether oxygens (including phenoxy) is 1. The van der Waals surface area contributed by atoms with Crippen LogP contribution in [0, 0.1) is 0 Å². The average molecular weight is 387 g/mol. The van der Waals surface area contributed by atoms with Gasteiger partial charge in [-0.15, -0.1) is 0 Å². The van der Waals surface area contributed by atoms with Crippen molar-refractivity contribution in [3.63, 3.8) is 0 Å². The zero-order valence-electron chi connectivity index (χ0n) is 16.5. The molecule has 6 nitrogen and oxygen atoms in total. The number of phenols is 1. The normalized spacial score (nSPS) is 12.2. The topological polar surface area (TPSA) is 87.7 Å². The van der Waals surface area contributed by atoms with E-state index < -0.39 is 14.8 Å². The molecule has 150 valence electrons. The van der Waals surface area contributed by atoms with Crippen LogP contribution in [-0.4, -0.2) is 38.0 Å². The molecule has 0 saturated carbocycles. The van der Waals surface area contributed by atoms with Gasteiger partial charge in [-0.1, -0.05) is 19.8 Å². The van der Waals surface area contributed by atoms with E-state index in [1.54, 1.807) is 32.9 Å². The van der Waals surface area contributed by atoms with Gasteiger partial charge in [0, 0.05) is 24.8 Å². The van der Waals surface area contributed by atoms with Crippen LogP contribution in [0.4, 0.5) is 5.69 Å². The van der Waals surface area contributed by atoms with Crippen LogP contribution >= 0.6 is 0 Å². The van der Waals surface area contributed by atoms with Crippen LogP contribution in [0.2, 0.25) is 0 Å². The second-order valence-corrected chi connectivity index (χ2v) is 9.90. The first kappa shape index (κ1) is 22.6. The maximum absolute atomic E-state index is 11.9. The Balaban J connectivity index is 2.23. The molecule has 1 aromatic rings. The molecule has 1 aromatic carbocycles. The van der Waals surface area contributed by atoms with Crippen molar-refractivity contribution < 1.29 is 18.3 Å². The van der Waals surface area contributed by atoms with Crippen molar-refractivity contribution in [1.29, 1.82) is 0 Å². The van der Waals surface area contributed by atoms with Gasteiger partial charge in [0.15, 0.2) is 11.5 Å². The molecule has 0 aliphatic heterocycles. The quantitative estimate of drug-likeness (QED) is 0.475. The third-order valence-electron chi connectivity index (χ3n) is 4.00. The minimum absolute atomic E-state index is 0.141. The summed E-state index contributed by atoms with van der Waals surface area (Å²) in [7, 11) is -3.26. The molecule has 0 aliphatic rings. The standard InChI is InChI=1S/C19H34N2O4S/c1-5-6-14-25-18-11-10-16(15-17(18)22)20-12-8-7-9-13-21-26(23,24)19(2,3)4/h10-11,15,20-22H,5-9,12-14H2,1-4H3. The van der Waals surface area contributed by atoms with E-state index in [2.05, 4.69) is 17.0 Å². The Morgan fingerprint density at radius 3 is 2.38 bits per heavy atom. The van der Waals surface area contributed by atoms with Crippen LogP contribution in [0.15, 0.2) is 18.2 Å². The second kappa shape index (κ2) is 10.6. The number of rotatable bonds is 12. The minimum Gasteiger partial charge on any atom is -0.504 e. The van der Waals surface area contributed by atoms with Crippen molar-refractivity contribution in [3.8, 4) is 11.5 Å². The molecule has 0 unspecified atom stereocenters. The summed E-state index contributed by atoms with van der Waals surface area (Å²) in [5, 5.41) is 13.2. The van der Waals surface area contributed by atoms with Gasteiger partial charge in [-0.2, -0.15) is 0 Å². The van der Waals surface area contributed by atoms with Crippen LogP contribution in [0.5, 0.6) is 11.5 Å². The molecule has 0 saturated heterocycles. The number of hydrogen-bond acceptors (Lipinski definition) is 5. The van der Waals surface area contributed by atoms with E-state index in [0.717, 1.165) is 44.3 Å². The number of unbranched alkanes of at least 4 members (excludes halogenated alkanes) is 3. The number of anilines is 1. The second-order valence-electron chi connectivity index (χ2n) is 7.38. The van der Waals surface area contributed by atoms with Crippen molar-refractivity contribution in [2.45, 2.75) is 64.5 Å². The van der Waals surface area contributed by atoms with Gasteiger partial charge in [0.25, 0.3) is 0 Å². The van der Waals surface area contributed by atoms with E-state index in [9.17, 15) is 13.5 Å². The largest absolute Gasteiger partial charge is 0.504 e. The zero-order valence-corrected chi connectivity index (χ0v) is 17.3. The van der Waals surface area contributed by atoms with Crippen molar-refractivity contribution in [1.82, 2.24) is 4.72 Å². The van der Waals surface area contributed by atoms with Crippen LogP contribution < -0.4 is 14.8 Å². The lowest BCUT2D eigenvalue weighted by Gasteiger charge is -2.19. The molecule has 1 rings (SSSR count). The molecule has 0 fully saturated rings. The van der Waals surface area contributed by atoms with Crippen molar-refractivity contribution in [3.05, 3.63) is 18.2 Å². The Kier molecular flexibility index (Phi) is 9.22. The summed E-state index contributed by atoms with van der Waals surface area (Å²) in [6, 6.07) is 5.33. The van der Waals surface area contributed by atoms with Gasteiger partial charge >= 0.3 is 0 Å². The fourth-order valence-electron chi connectivity index (χ4n) is 2.16. The van der Waals surface area contributed by atoms with E-state index in [4.69, 9.17) is 4.74 Å². The minimum atomic E-state index is -3.26. The smallest absolute Gasteiger partial charge is 0.216 e. The summed E-state index contributed by atoms with van der Waals surface area (Å²) in [5.41, 5.74) is 0.846. The third-order valence-corrected chi connectivity index (χ3v) is 6.19. The predicted molar refractivity (Wildman–Crippen MR) is 108 cm³/mol. The fraction of sp³-hybridized carbons (Fsp3) is 0.684.